The van der Waals surface area contributed by atoms with Crippen LogP contribution in [0.15, 0.2) is 22.7 Å². The summed E-state index contributed by atoms with van der Waals surface area (Å²) in [6, 6.07) is 6.43. The molecule has 1 aromatic carbocycles. The Kier molecular flexibility index (Phi) is 2.79. The first kappa shape index (κ1) is 9.99. The highest BCUT2D eigenvalue weighted by Gasteiger charge is 2.06. The molecule has 2 rings (SSSR count). The van der Waals surface area contributed by atoms with Crippen LogP contribution < -0.4 is 4.74 Å². The maximum atomic E-state index is 5.24. The van der Waals surface area contributed by atoms with Crippen molar-refractivity contribution in [2.24, 2.45) is 0 Å². The van der Waals surface area contributed by atoms with Crippen molar-refractivity contribution in [2.75, 3.05) is 7.11 Å². The fourth-order valence-electron chi connectivity index (χ4n) is 1.54. The number of hydrogen-bond donors (Lipinski definition) is 0. The molecule has 0 aliphatic rings. The third-order valence-electron chi connectivity index (χ3n) is 2.25. The van der Waals surface area contributed by atoms with Gasteiger partial charge < -0.3 is 4.74 Å². The Labute approximate surface area is 95.8 Å². The molecule has 0 unspecified atom stereocenters. The summed E-state index contributed by atoms with van der Waals surface area (Å²) in [5.74, 6) is 0. The van der Waals surface area contributed by atoms with E-state index in [1.54, 1.807) is 18.4 Å². The van der Waals surface area contributed by atoms with Gasteiger partial charge in [-0.25, -0.2) is 0 Å². The molecule has 0 saturated heterocycles. The fraction of sp³-hybridized carbons (Fsp3) is 0.273. The van der Waals surface area contributed by atoms with E-state index in [2.05, 4.69) is 41.1 Å². The van der Waals surface area contributed by atoms with Gasteiger partial charge in [0.15, 0.2) is 5.06 Å². The van der Waals surface area contributed by atoms with E-state index in [4.69, 9.17) is 4.74 Å². The lowest BCUT2D eigenvalue weighted by Gasteiger charge is -1.99. The summed E-state index contributed by atoms with van der Waals surface area (Å²) in [4.78, 5) is 0. The van der Waals surface area contributed by atoms with Crippen LogP contribution in [0.25, 0.3) is 10.1 Å². The molecular weight excluding hydrogens is 260 g/mol. The Morgan fingerprint density at radius 2 is 2.14 bits per heavy atom. The number of aryl methyl sites for hydroxylation is 1. The maximum Gasteiger partial charge on any atom is 0.174 e. The standard InChI is InChI=1S/C11H11BrOS/c1-3-7-4-8(12)5-10-9(7)6-11(13-2)14-10/h4-6H,3H2,1-2H3. The number of hydrogen-bond acceptors (Lipinski definition) is 2. The molecule has 2 aromatic rings. The van der Waals surface area contributed by atoms with Gasteiger partial charge in [-0.2, -0.15) is 0 Å². The van der Waals surface area contributed by atoms with Crippen molar-refractivity contribution in [3.63, 3.8) is 0 Å². The maximum absolute atomic E-state index is 5.24. The van der Waals surface area contributed by atoms with Gasteiger partial charge in [0.25, 0.3) is 0 Å². The second-order valence-electron chi connectivity index (χ2n) is 3.10. The second-order valence-corrected chi connectivity index (χ2v) is 5.06. The fourth-order valence-corrected chi connectivity index (χ4v) is 3.16. The molecule has 0 fully saturated rings. The monoisotopic (exact) mass is 270 g/mol. The number of halogens is 1. The predicted molar refractivity (Wildman–Crippen MR) is 65.5 cm³/mol. The minimum Gasteiger partial charge on any atom is -0.487 e. The summed E-state index contributed by atoms with van der Waals surface area (Å²) in [5.41, 5.74) is 1.37. The van der Waals surface area contributed by atoms with Crippen LogP contribution in [-0.2, 0) is 6.42 Å². The van der Waals surface area contributed by atoms with Crippen LogP contribution in [0.3, 0.4) is 0 Å². The molecule has 0 N–H and O–H groups in total. The molecule has 0 spiro atoms. The summed E-state index contributed by atoms with van der Waals surface area (Å²) >= 11 is 5.21. The van der Waals surface area contributed by atoms with Gasteiger partial charge in [0.05, 0.1) is 7.11 Å². The van der Waals surface area contributed by atoms with Crippen LogP contribution in [0.5, 0.6) is 5.06 Å². The van der Waals surface area contributed by atoms with Crippen LogP contribution in [0.2, 0.25) is 0 Å². The van der Waals surface area contributed by atoms with Crippen molar-refractivity contribution >= 4 is 37.4 Å². The van der Waals surface area contributed by atoms with Crippen molar-refractivity contribution in [2.45, 2.75) is 13.3 Å². The highest BCUT2D eigenvalue weighted by molar-refractivity contribution is 9.10. The third kappa shape index (κ3) is 1.66. The number of ether oxygens (including phenoxy) is 1. The van der Waals surface area contributed by atoms with Crippen molar-refractivity contribution in [3.05, 3.63) is 28.2 Å². The van der Waals surface area contributed by atoms with E-state index in [0.29, 0.717) is 0 Å². The van der Waals surface area contributed by atoms with E-state index in [0.717, 1.165) is 16.0 Å². The molecule has 1 aromatic heterocycles. The number of rotatable bonds is 2. The largest absolute Gasteiger partial charge is 0.487 e. The van der Waals surface area contributed by atoms with E-state index < -0.39 is 0 Å². The highest BCUT2D eigenvalue weighted by atomic mass is 79.9. The Morgan fingerprint density at radius 1 is 1.36 bits per heavy atom. The van der Waals surface area contributed by atoms with E-state index in [9.17, 15) is 0 Å². The second kappa shape index (κ2) is 3.91. The molecule has 1 heterocycles. The zero-order valence-electron chi connectivity index (χ0n) is 8.13. The average Bonchev–Trinajstić information content (AvgIpc) is 2.59. The molecule has 0 saturated carbocycles. The molecule has 0 aliphatic carbocycles. The smallest absolute Gasteiger partial charge is 0.174 e. The van der Waals surface area contributed by atoms with Crippen LogP contribution in [-0.4, -0.2) is 7.11 Å². The zero-order valence-corrected chi connectivity index (χ0v) is 10.5. The highest BCUT2D eigenvalue weighted by Crippen LogP contribution is 2.35. The van der Waals surface area contributed by atoms with Crippen molar-refractivity contribution < 1.29 is 4.74 Å². The predicted octanol–water partition coefficient (Wildman–Crippen LogP) is 4.23. The number of methoxy groups -OCH3 is 1. The van der Waals surface area contributed by atoms with Gasteiger partial charge in [0.1, 0.15) is 0 Å². The van der Waals surface area contributed by atoms with Crippen molar-refractivity contribution in [1.29, 1.82) is 0 Å². The van der Waals surface area contributed by atoms with Crippen LogP contribution >= 0.6 is 27.3 Å². The van der Waals surface area contributed by atoms with Gasteiger partial charge in [-0.15, -0.1) is 0 Å². The third-order valence-corrected chi connectivity index (χ3v) is 3.75. The van der Waals surface area contributed by atoms with Gasteiger partial charge in [0.2, 0.25) is 0 Å². The van der Waals surface area contributed by atoms with Crippen LogP contribution in [0, 0.1) is 0 Å². The van der Waals surface area contributed by atoms with E-state index in [-0.39, 0.29) is 0 Å². The van der Waals surface area contributed by atoms with Crippen molar-refractivity contribution in [1.82, 2.24) is 0 Å². The first-order valence-corrected chi connectivity index (χ1v) is 6.11. The quantitative estimate of drug-likeness (QED) is 0.794. The molecule has 0 radical (unpaired) electrons. The minimum absolute atomic E-state index is 0.979. The molecule has 0 aliphatic heterocycles. The van der Waals surface area contributed by atoms with Gasteiger partial charge in [-0.3, -0.25) is 0 Å². The van der Waals surface area contributed by atoms with Crippen molar-refractivity contribution in [3.8, 4) is 5.06 Å². The first-order chi connectivity index (χ1) is 6.74. The summed E-state index contributed by atoms with van der Waals surface area (Å²) < 4.78 is 7.67. The van der Waals surface area contributed by atoms with Crippen LogP contribution in [0.1, 0.15) is 12.5 Å². The zero-order chi connectivity index (χ0) is 10.1. The molecule has 0 atom stereocenters. The minimum atomic E-state index is 0.979. The molecule has 3 heteroatoms. The molecule has 0 bridgehead atoms. The Hall–Kier alpha value is -0.540. The lowest BCUT2D eigenvalue weighted by molar-refractivity contribution is 0.427. The van der Waals surface area contributed by atoms with Gasteiger partial charge in [-0.1, -0.05) is 34.2 Å². The molecule has 0 amide bonds. The number of fused-ring (bicyclic) bond motifs is 1. The summed E-state index contributed by atoms with van der Waals surface area (Å²) in [6.07, 6.45) is 1.05. The lowest BCUT2D eigenvalue weighted by atomic mass is 10.1. The topological polar surface area (TPSA) is 9.23 Å². The van der Waals surface area contributed by atoms with Gasteiger partial charge in [0, 0.05) is 9.17 Å². The molecule has 1 nitrogen and oxygen atoms in total. The molecule has 14 heavy (non-hydrogen) atoms. The van der Waals surface area contributed by atoms with Gasteiger partial charge in [-0.05, 0) is 35.6 Å². The Balaban J connectivity index is 2.71. The van der Waals surface area contributed by atoms with E-state index in [1.165, 1.54) is 15.6 Å². The van der Waals surface area contributed by atoms with Crippen LogP contribution in [0.4, 0.5) is 0 Å². The summed E-state index contributed by atoms with van der Waals surface area (Å²) in [7, 11) is 1.71. The normalized spacial score (nSPS) is 10.8. The SMILES string of the molecule is CCc1cc(Br)cc2sc(OC)cc12. The summed E-state index contributed by atoms with van der Waals surface area (Å²) in [5, 5.41) is 2.30. The Morgan fingerprint density at radius 3 is 2.79 bits per heavy atom. The van der Waals surface area contributed by atoms with E-state index >= 15 is 0 Å². The number of thiophene rings is 1. The summed E-state index contributed by atoms with van der Waals surface area (Å²) in [6.45, 7) is 2.17. The lowest BCUT2D eigenvalue weighted by Crippen LogP contribution is -1.80. The average molecular weight is 271 g/mol. The first-order valence-electron chi connectivity index (χ1n) is 4.50. The number of benzene rings is 1. The van der Waals surface area contributed by atoms with Gasteiger partial charge >= 0.3 is 0 Å². The van der Waals surface area contributed by atoms with E-state index in [1.807, 2.05) is 0 Å². The Bertz CT molecular complexity index is 462. The molecule has 74 valence electrons. The molecular formula is C11H11BrOS.